The first-order valence-corrected chi connectivity index (χ1v) is 10.4. The Bertz CT molecular complexity index is 842. The summed E-state index contributed by atoms with van der Waals surface area (Å²) in [6, 6.07) is 15.3. The number of hydrogen-bond donors (Lipinski definition) is 1. The third kappa shape index (κ3) is 6.08. The zero-order valence-corrected chi connectivity index (χ0v) is 17.3. The molecule has 1 fully saturated rings. The summed E-state index contributed by atoms with van der Waals surface area (Å²) >= 11 is 0. The Labute approximate surface area is 173 Å². The minimum absolute atomic E-state index is 0.0338. The van der Waals surface area contributed by atoms with E-state index in [9.17, 15) is 9.59 Å². The Balaban J connectivity index is 1.50. The monoisotopic (exact) mass is 394 g/mol. The number of hydrogen-bond acceptors (Lipinski definition) is 3. The topological polar surface area (TPSA) is 58.6 Å². The maximum Gasteiger partial charge on any atom is 0.258 e. The number of amides is 2. The molecule has 0 unspecified atom stereocenters. The number of carbonyl (C=O) groups is 2. The van der Waals surface area contributed by atoms with Crippen LogP contribution in [0.3, 0.4) is 0 Å². The predicted octanol–water partition coefficient (Wildman–Crippen LogP) is 4.13. The number of piperidine rings is 1. The van der Waals surface area contributed by atoms with Gasteiger partial charge in [-0.3, -0.25) is 9.59 Å². The lowest BCUT2D eigenvalue weighted by Gasteiger charge is -2.26. The molecule has 1 saturated heterocycles. The summed E-state index contributed by atoms with van der Waals surface area (Å²) in [6.45, 7) is 6.24. The molecule has 0 bridgehead atoms. The smallest absolute Gasteiger partial charge is 0.258 e. The van der Waals surface area contributed by atoms with E-state index in [1.807, 2.05) is 47.4 Å². The van der Waals surface area contributed by atoms with Crippen LogP contribution in [-0.2, 0) is 11.3 Å². The Morgan fingerprint density at radius 3 is 2.55 bits per heavy atom. The number of carbonyl (C=O) groups excluding carboxylic acids is 2. The minimum Gasteiger partial charge on any atom is -0.484 e. The van der Waals surface area contributed by atoms with Crippen LogP contribution in [0, 0.1) is 0 Å². The van der Waals surface area contributed by atoms with Crippen LogP contribution in [-0.4, -0.2) is 36.4 Å². The van der Waals surface area contributed by atoms with E-state index < -0.39 is 0 Å². The van der Waals surface area contributed by atoms with Crippen LogP contribution in [0.25, 0.3) is 0 Å². The molecule has 154 valence electrons. The maximum atomic E-state index is 12.6. The lowest BCUT2D eigenvalue weighted by atomic mass is 10.0. The van der Waals surface area contributed by atoms with Crippen molar-refractivity contribution in [3.63, 3.8) is 0 Å². The number of likely N-dealkylation sites (tertiary alicyclic amines) is 1. The van der Waals surface area contributed by atoms with Crippen molar-refractivity contribution in [1.82, 2.24) is 10.2 Å². The van der Waals surface area contributed by atoms with Crippen LogP contribution in [0.5, 0.6) is 5.75 Å². The van der Waals surface area contributed by atoms with E-state index in [-0.39, 0.29) is 18.4 Å². The molecule has 2 aromatic carbocycles. The highest BCUT2D eigenvalue weighted by Crippen LogP contribution is 2.20. The van der Waals surface area contributed by atoms with Gasteiger partial charge in [-0.1, -0.05) is 38.1 Å². The van der Waals surface area contributed by atoms with Crippen molar-refractivity contribution in [3.05, 3.63) is 65.2 Å². The van der Waals surface area contributed by atoms with Crippen LogP contribution in [0.2, 0.25) is 0 Å². The molecule has 3 rings (SSSR count). The fourth-order valence-corrected chi connectivity index (χ4v) is 3.46. The van der Waals surface area contributed by atoms with Gasteiger partial charge in [-0.2, -0.15) is 0 Å². The third-order valence-electron chi connectivity index (χ3n) is 5.20. The molecule has 0 radical (unpaired) electrons. The number of ether oxygens (including phenoxy) is 1. The summed E-state index contributed by atoms with van der Waals surface area (Å²) in [5.74, 6) is 0.992. The van der Waals surface area contributed by atoms with Crippen molar-refractivity contribution >= 4 is 11.8 Å². The molecule has 0 saturated carbocycles. The van der Waals surface area contributed by atoms with Gasteiger partial charge in [-0.15, -0.1) is 0 Å². The van der Waals surface area contributed by atoms with Gasteiger partial charge in [0.05, 0.1) is 0 Å². The molecule has 1 N–H and O–H groups in total. The average Bonchev–Trinajstić information content (AvgIpc) is 2.76. The van der Waals surface area contributed by atoms with Gasteiger partial charge < -0.3 is 15.0 Å². The lowest BCUT2D eigenvalue weighted by molar-refractivity contribution is -0.123. The van der Waals surface area contributed by atoms with Gasteiger partial charge in [0.15, 0.2) is 6.61 Å². The highest BCUT2D eigenvalue weighted by Gasteiger charge is 2.18. The van der Waals surface area contributed by atoms with Crippen molar-refractivity contribution in [2.45, 2.75) is 45.6 Å². The van der Waals surface area contributed by atoms with Crippen molar-refractivity contribution in [1.29, 1.82) is 0 Å². The number of rotatable bonds is 7. The van der Waals surface area contributed by atoms with Gasteiger partial charge in [0.1, 0.15) is 5.75 Å². The maximum absolute atomic E-state index is 12.6. The molecule has 1 aliphatic rings. The largest absolute Gasteiger partial charge is 0.484 e. The van der Waals surface area contributed by atoms with Crippen molar-refractivity contribution in [2.24, 2.45) is 0 Å². The lowest BCUT2D eigenvalue weighted by Crippen LogP contribution is -2.35. The van der Waals surface area contributed by atoms with Gasteiger partial charge in [-0.25, -0.2) is 0 Å². The van der Waals surface area contributed by atoms with Gasteiger partial charge in [0, 0.05) is 25.2 Å². The number of nitrogens with zero attached hydrogens (tertiary/aromatic N) is 1. The Hall–Kier alpha value is -2.82. The fourth-order valence-electron chi connectivity index (χ4n) is 3.46. The first-order valence-electron chi connectivity index (χ1n) is 10.4. The van der Waals surface area contributed by atoms with Gasteiger partial charge in [-0.05, 0) is 60.6 Å². The first kappa shape index (κ1) is 20.9. The number of benzene rings is 2. The third-order valence-corrected chi connectivity index (χ3v) is 5.20. The minimum atomic E-state index is -0.187. The zero-order valence-electron chi connectivity index (χ0n) is 17.3. The van der Waals surface area contributed by atoms with E-state index >= 15 is 0 Å². The average molecular weight is 395 g/mol. The molecule has 2 amide bonds. The molecule has 29 heavy (non-hydrogen) atoms. The molecular weight excluding hydrogens is 364 g/mol. The van der Waals surface area contributed by atoms with Crippen LogP contribution < -0.4 is 10.1 Å². The molecule has 5 heteroatoms. The summed E-state index contributed by atoms with van der Waals surface area (Å²) in [5, 5.41) is 2.86. The van der Waals surface area contributed by atoms with Crippen molar-refractivity contribution in [3.8, 4) is 5.75 Å². The molecule has 0 aliphatic carbocycles. The Kier molecular flexibility index (Phi) is 7.28. The second kappa shape index (κ2) is 10.1. The zero-order chi connectivity index (χ0) is 20.6. The standard InChI is InChI=1S/C24H30N2O3/c1-18(2)20-9-7-11-22(15-20)29-17-23(27)25-16-19-8-6-10-21(14-19)24(28)26-12-4-3-5-13-26/h6-11,14-15,18H,3-5,12-13,16-17H2,1-2H3,(H,25,27). The van der Waals surface area contributed by atoms with E-state index in [4.69, 9.17) is 4.74 Å². The Morgan fingerprint density at radius 2 is 1.79 bits per heavy atom. The van der Waals surface area contributed by atoms with Gasteiger partial charge >= 0.3 is 0 Å². The van der Waals surface area contributed by atoms with Crippen LogP contribution in [0.1, 0.15) is 60.5 Å². The number of nitrogens with one attached hydrogen (secondary N) is 1. The fraction of sp³-hybridized carbons (Fsp3) is 0.417. The Morgan fingerprint density at radius 1 is 1.03 bits per heavy atom. The van der Waals surface area contributed by atoms with Crippen LogP contribution in [0.4, 0.5) is 0 Å². The normalized spacial score (nSPS) is 14.0. The molecule has 0 atom stereocenters. The van der Waals surface area contributed by atoms with E-state index in [0.29, 0.717) is 23.8 Å². The van der Waals surface area contributed by atoms with Crippen LogP contribution >= 0.6 is 0 Å². The molecule has 2 aromatic rings. The van der Waals surface area contributed by atoms with E-state index in [1.54, 1.807) is 0 Å². The molecule has 1 aliphatic heterocycles. The van der Waals surface area contributed by atoms with E-state index in [2.05, 4.69) is 25.2 Å². The van der Waals surface area contributed by atoms with Gasteiger partial charge in [0.25, 0.3) is 11.8 Å². The molecule has 5 nitrogen and oxygen atoms in total. The summed E-state index contributed by atoms with van der Waals surface area (Å²) in [4.78, 5) is 26.7. The van der Waals surface area contributed by atoms with Crippen molar-refractivity contribution in [2.75, 3.05) is 19.7 Å². The summed E-state index contributed by atoms with van der Waals surface area (Å²) in [7, 11) is 0. The summed E-state index contributed by atoms with van der Waals surface area (Å²) in [5.41, 5.74) is 2.77. The van der Waals surface area contributed by atoms with Gasteiger partial charge in [0.2, 0.25) is 0 Å². The molecule has 1 heterocycles. The first-order chi connectivity index (χ1) is 14.0. The predicted molar refractivity (Wildman–Crippen MR) is 114 cm³/mol. The van der Waals surface area contributed by atoms with E-state index in [0.717, 1.165) is 31.5 Å². The summed E-state index contributed by atoms with van der Waals surface area (Å²) in [6.07, 6.45) is 3.34. The van der Waals surface area contributed by atoms with Crippen molar-refractivity contribution < 1.29 is 14.3 Å². The highest BCUT2D eigenvalue weighted by molar-refractivity contribution is 5.94. The molecular formula is C24H30N2O3. The second-order valence-electron chi connectivity index (χ2n) is 7.85. The molecule has 0 aromatic heterocycles. The SMILES string of the molecule is CC(C)c1cccc(OCC(=O)NCc2cccc(C(=O)N3CCCCC3)c2)c1. The highest BCUT2D eigenvalue weighted by atomic mass is 16.5. The quantitative estimate of drug-likeness (QED) is 0.768. The van der Waals surface area contributed by atoms with E-state index in [1.165, 1.54) is 12.0 Å². The second-order valence-corrected chi connectivity index (χ2v) is 7.85. The summed E-state index contributed by atoms with van der Waals surface area (Å²) < 4.78 is 5.62. The molecule has 0 spiro atoms. The van der Waals surface area contributed by atoms with Crippen LogP contribution in [0.15, 0.2) is 48.5 Å².